The molecule has 0 unspecified atom stereocenters. The Morgan fingerprint density at radius 3 is 2.52 bits per heavy atom. The van der Waals surface area contributed by atoms with Gasteiger partial charge in [-0.25, -0.2) is 9.59 Å². The molecule has 4 rings (SSSR count). The number of benzene rings is 3. The molecule has 2 amide bonds. The van der Waals surface area contributed by atoms with E-state index in [0.717, 1.165) is 9.13 Å². The van der Waals surface area contributed by atoms with Crippen molar-refractivity contribution in [2.24, 2.45) is 5.10 Å². The number of hydrogen-bond acceptors (Lipinski definition) is 12. The Kier molecular flexibility index (Phi) is 12.4. The van der Waals surface area contributed by atoms with Crippen molar-refractivity contribution in [2.45, 2.75) is 32.7 Å². The first-order chi connectivity index (χ1) is 23.0. The van der Waals surface area contributed by atoms with Gasteiger partial charge in [0, 0.05) is 17.8 Å². The van der Waals surface area contributed by atoms with Gasteiger partial charge in [0.05, 0.1) is 47.1 Å². The summed E-state index contributed by atoms with van der Waals surface area (Å²) in [6.45, 7) is 3.71. The van der Waals surface area contributed by atoms with Crippen molar-refractivity contribution in [1.82, 2.24) is 16.1 Å². The van der Waals surface area contributed by atoms with Crippen molar-refractivity contribution in [3.05, 3.63) is 96.2 Å². The van der Waals surface area contributed by atoms with E-state index in [-0.39, 0.29) is 24.5 Å². The minimum atomic E-state index is -1.19. The Hall–Kier alpha value is -5.10. The van der Waals surface area contributed by atoms with Gasteiger partial charge in [0.2, 0.25) is 0 Å². The summed E-state index contributed by atoms with van der Waals surface area (Å²) in [5.41, 5.74) is 5.21. The zero-order valence-electron chi connectivity index (χ0n) is 26.4. The predicted octanol–water partition coefficient (Wildman–Crippen LogP) is 4.31. The van der Waals surface area contributed by atoms with Gasteiger partial charge < -0.3 is 39.4 Å². The number of nitro benzene ring substituents is 1. The Bertz CT molecular complexity index is 1710. The fourth-order valence-corrected chi connectivity index (χ4v) is 5.42. The highest BCUT2D eigenvalue weighted by Crippen LogP contribution is 2.36. The van der Waals surface area contributed by atoms with Crippen LogP contribution >= 0.6 is 22.6 Å². The summed E-state index contributed by atoms with van der Waals surface area (Å²) in [6, 6.07) is 13.3. The fraction of sp³-hybridized carbons (Fsp3) is 0.281. The molecule has 0 fully saturated rings. The third-order valence-corrected chi connectivity index (χ3v) is 7.69. The molecule has 0 aliphatic carbocycles. The summed E-state index contributed by atoms with van der Waals surface area (Å²) in [5, 5.41) is 30.8. The lowest BCUT2D eigenvalue weighted by Gasteiger charge is -2.28. The number of nitro groups is 1. The van der Waals surface area contributed by atoms with Crippen molar-refractivity contribution in [2.75, 3.05) is 27.4 Å². The molecule has 254 valence electrons. The van der Waals surface area contributed by atoms with Crippen LogP contribution in [0.4, 0.5) is 10.5 Å². The summed E-state index contributed by atoms with van der Waals surface area (Å²) >= 11 is 2.10. The number of amides is 2. The largest absolute Gasteiger partial charge is 0.493 e. The number of allylic oxidation sites excluding steroid dienone is 1. The highest BCUT2D eigenvalue weighted by molar-refractivity contribution is 14.1. The van der Waals surface area contributed by atoms with Crippen LogP contribution < -0.4 is 35.0 Å². The summed E-state index contributed by atoms with van der Waals surface area (Å²) in [7, 11) is 2.77. The van der Waals surface area contributed by atoms with Crippen LogP contribution in [0.1, 0.15) is 36.6 Å². The lowest BCUT2D eigenvalue weighted by atomic mass is 9.95. The van der Waals surface area contributed by atoms with E-state index in [0.29, 0.717) is 46.4 Å². The van der Waals surface area contributed by atoms with Crippen LogP contribution in [0.2, 0.25) is 0 Å². The number of carbonyl (C=O) groups excluding carboxylic acids is 2. The highest BCUT2D eigenvalue weighted by Gasteiger charge is 2.32. The van der Waals surface area contributed by atoms with Gasteiger partial charge in [0.25, 0.3) is 5.69 Å². The van der Waals surface area contributed by atoms with Gasteiger partial charge in [-0.2, -0.15) is 5.10 Å². The first-order valence-electron chi connectivity index (χ1n) is 14.5. The number of rotatable bonds is 15. The molecule has 1 heterocycles. The number of ether oxygens (including phenoxy) is 5. The molecule has 3 aromatic carbocycles. The topological polar surface area (TPSA) is 192 Å². The summed E-state index contributed by atoms with van der Waals surface area (Å²) in [4.78, 5) is 35.1. The second-order valence-electron chi connectivity index (χ2n) is 10.2. The van der Waals surface area contributed by atoms with Gasteiger partial charge in [-0.05, 0) is 89.5 Å². The van der Waals surface area contributed by atoms with Crippen LogP contribution in [-0.2, 0) is 16.1 Å². The molecule has 2 atom stereocenters. The van der Waals surface area contributed by atoms with Crippen molar-refractivity contribution < 1.29 is 43.3 Å². The van der Waals surface area contributed by atoms with E-state index in [9.17, 15) is 24.8 Å². The molecule has 3 aromatic rings. The molecule has 15 nitrogen and oxygen atoms in total. The quantitative estimate of drug-likeness (QED) is 0.0430. The average molecular weight is 776 g/mol. The van der Waals surface area contributed by atoms with Gasteiger partial charge in [0.1, 0.15) is 13.2 Å². The normalized spacial score (nSPS) is 14.9. The van der Waals surface area contributed by atoms with Crippen molar-refractivity contribution in [3.8, 4) is 23.0 Å². The second-order valence-corrected chi connectivity index (χ2v) is 11.3. The molecule has 0 saturated carbocycles. The lowest BCUT2D eigenvalue weighted by Crippen LogP contribution is -2.45. The number of nitrogens with one attached hydrogen (secondary N) is 3. The minimum Gasteiger partial charge on any atom is -0.493 e. The molecule has 4 N–H and O–H groups in total. The maximum Gasteiger partial charge on any atom is 0.337 e. The van der Waals surface area contributed by atoms with Gasteiger partial charge in [-0.3, -0.25) is 15.5 Å². The standard InChI is InChI=1S/C32H34IN5O10/c1-5-46-25-14-21(29-28(31(40)45-4)18(2)35-32(41)36-29)8-11-24(25)47-17-27(39)37-34-15-20-12-23(33)30(26(13-20)44-3)48-16-19-6-9-22(10-7-19)38(42)43/h6-15,27,29,37,39H,5,16-17H2,1-4H3,(H2,35,36,41)/b34-15-/t27-,29+/m0/s1. The Morgan fingerprint density at radius 2 is 1.85 bits per heavy atom. The van der Waals surface area contributed by atoms with Crippen molar-refractivity contribution in [3.63, 3.8) is 0 Å². The van der Waals surface area contributed by atoms with E-state index in [1.54, 1.807) is 50.2 Å². The number of non-ortho nitro benzene ring substituents is 1. The van der Waals surface area contributed by atoms with Crippen LogP contribution in [0.5, 0.6) is 23.0 Å². The molecule has 0 radical (unpaired) electrons. The predicted molar refractivity (Wildman–Crippen MR) is 182 cm³/mol. The summed E-state index contributed by atoms with van der Waals surface area (Å²) < 4.78 is 28.6. The molecule has 16 heteroatoms. The number of aliphatic hydroxyl groups excluding tert-OH is 1. The molecule has 48 heavy (non-hydrogen) atoms. The van der Waals surface area contributed by atoms with Gasteiger partial charge in [-0.1, -0.05) is 6.07 Å². The molecule has 0 saturated heterocycles. The number of nitrogens with zero attached hydrogens (tertiary/aromatic N) is 2. The second kappa shape index (κ2) is 16.6. The summed E-state index contributed by atoms with van der Waals surface area (Å²) in [6.07, 6.45) is 0.303. The van der Waals surface area contributed by atoms with Crippen LogP contribution in [-0.4, -0.2) is 61.9 Å². The van der Waals surface area contributed by atoms with Crippen molar-refractivity contribution in [1.29, 1.82) is 0 Å². The number of hydrazone groups is 1. The molecule has 1 aliphatic rings. The number of hydrogen-bond donors (Lipinski definition) is 4. The molecule has 0 spiro atoms. The van der Waals surface area contributed by atoms with Gasteiger partial charge >= 0.3 is 12.0 Å². The molecule has 0 aromatic heterocycles. The van der Waals surface area contributed by atoms with E-state index in [2.05, 4.69) is 43.8 Å². The van der Waals surface area contributed by atoms with Gasteiger partial charge in [-0.15, -0.1) is 0 Å². The van der Waals surface area contributed by atoms with Crippen LogP contribution in [0.3, 0.4) is 0 Å². The minimum absolute atomic E-state index is 0.00109. The van der Waals surface area contributed by atoms with E-state index >= 15 is 0 Å². The zero-order chi connectivity index (χ0) is 34.8. The molecular weight excluding hydrogens is 741 g/mol. The lowest BCUT2D eigenvalue weighted by molar-refractivity contribution is -0.384. The Balaban J connectivity index is 1.38. The Labute approximate surface area is 289 Å². The number of urea groups is 1. The van der Waals surface area contributed by atoms with Crippen molar-refractivity contribution >= 4 is 46.5 Å². The van der Waals surface area contributed by atoms with E-state index in [4.69, 9.17) is 23.7 Å². The number of aliphatic hydroxyl groups is 1. The van der Waals surface area contributed by atoms with E-state index in [1.807, 2.05) is 6.07 Å². The third kappa shape index (κ3) is 9.03. The van der Waals surface area contributed by atoms with Crippen LogP contribution in [0, 0.1) is 13.7 Å². The fourth-order valence-electron chi connectivity index (χ4n) is 4.64. The van der Waals surface area contributed by atoms with Gasteiger partial charge in [0.15, 0.2) is 29.2 Å². The Morgan fingerprint density at radius 1 is 1.10 bits per heavy atom. The molecule has 1 aliphatic heterocycles. The smallest absolute Gasteiger partial charge is 0.337 e. The first kappa shape index (κ1) is 35.7. The average Bonchev–Trinajstić information content (AvgIpc) is 3.06. The monoisotopic (exact) mass is 775 g/mol. The van der Waals surface area contributed by atoms with Crippen LogP contribution in [0.25, 0.3) is 0 Å². The number of methoxy groups -OCH3 is 2. The maximum absolute atomic E-state index is 12.5. The van der Waals surface area contributed by atoms with E-state index < -0.39 is 29.2 Å². The van der Waals surface area contributed by atoms with E-state index in [1.165, 1.54) is 32.6 Å². The third-order valence-electron chi connectivity index (χ3n) is 6.89. The number of halogens is 1. The van der Waals surface area contributed by atoms with Crippen LogP contribution in [0.15, 0.2) is 71.0 Å². The highest BCUT2D eigenvalue weighted by atomic mass is 127. The number of esters is 1. The molecular formula is C32H34IN5O10. The summed E-state index contributed by atoms with van der Waals surface area (Å²) in [5.74, 6) is 1.04. The molecule has 0 bridgehead atoms. The zero-order valence-corrected chi connectivity index (χ0v) is 28.6. The maximum atomic E-state index is 12.5. The number of carbonyl (C=O) groups is 2. The first-order valence-corrected chi connectivity index (χ1v) is 15.6. The SMILES string of the molecule is CCOc1cc([C@H]2NC(=O)NC(C)=C2C(=O)OC)ccc1OC[C@H](O)N/N=C\c1cc(I)c(OCc2ccc([N+](=O)[O-])cc2)c(OC)c1.